The second kappa shape index (κ2) is 7.54. The van der Waals surface area contributed by atoms with Crippen molar-refractivity contribution in [2.24, 2.45) is 0 Å². The van der Waals surface area contributed by atoms with E-state index in [0.29, 0.717) is 0 Å². The van der Waals surface area contributed by atoms with E-state index in [1.807, 2.05) is 12.1 Å². The molecule has 0 saturated carbocycles. The van der Waals surface area contributed by atoms with Crippen LogP contribution >= 0.6 is 11.9 Å². The van der Waals surface area contributed by atoms with Gasteiger partial charge in [0, 0.05) is 29.1 Å². The van der Waals surface area contributed by atoms with E-state index in [1.165, 1.54) is 11.3 Å². The summed E-state index contributed by atoms with van der Waals surface area (Å²) in [6.07, 6.45) is 2.11. The number of rotatable bonds is 2. The Bertz CT molecular complexity index is 1030. The van der Waals surface area contributed by atoms with Gasteiger partial charge in [0.1, 0.15) is 17.2 Å². The van der Waals surface area contributed by atoms with Gasteiger partial charge in [0.25, 0.3) is 0 Å². The molecule has 150 valence electrons. The minimum atomic E-state index is -6.00. The van der Waals surface area contributed by atoms with E-state index in [2.05, 4.69) is 34.7 Å². The third-order valence-corrected chi connectivity index (χ3v) is 5.32. The molecule has 5 nitrogen and oxygen atoms in total. The summed E-state index contributed by atoms with van der Waals surface area (Å²) in [6.45, 7) is 4.18. The van der Waals surface area contributed by atoms with Crippen LogP contribution in [0.3, 0.4) is 0 Å². The quantitative estimate of drug-likeness (QED) is 0.357. The number of hydrogen-bond acceptors (Lipinski definition) is 4. The van der Waals surface area contributed by atoms with E-state index in [4.69, 9.17) is 14.5 Å². The van der Waals surface area contributed by atoms with Gasteiger partial charge in [0.15, 0.2) is 11.0 Å². The highest BCUT2D eigenvalue weighted by Gasteiger charge is 2.31. The van der Waals surface area contributed by atoms with Crippen molar-refractivity contribution in [3.63, 3.8) is 0 Å². The summed E-state index contributed by atoms with van der Waals surface area (Å²) in [5.41, 5.74) is 5.56. The van der Waals surface area contributed by atoms with Crippen LogP contribution in [0.15, 0.2) is 24.4 Å². The van der Waals surface area contributed by atoms with Crippen molar-refractivity contribution in [2.45, 2.75) is 19.6 Å². The molecule has 0 unspecified atom stereocenters. The smallest absolute Gasteiger partial charge is 0.497 e. The Morgan fingerprint density at radius 2 is 1.82 bits per heavy atom. The van der Waals surface area contributed by atoms with Crippen molar-refractivity contribution in [1.29, 1.82) is 0 Å². The zero-order valence-corrected chi connectivity index (χ0v) is 16.5. The normalized spacial score (nSPS) is 12.7. The van der Waals surface area contributed by atoms with E-state index >= 15 is 0 Å². The van der Waals surface area contributed by atoms with Gasteiger partial charge in [-0.3, -0.25) is 0 Å². The van der Waals surface area contributed by atoms with Crippen LogP contribution in [0.5, 0.6) is 11.5 Å². The fraction of sp³-hybridized carbons (Fsp3) is 0.294. The number of imidazole rings is 1. The monoisotopic (exact) mass is 415 g/mol. The molecule has 1 aromatic carbocycles. The SMILES string of the molecule is COc1ccc2c(c1)nc1n2SCc2c(C)c(OC)c(C)c[n+]2-1.F[B-](F)(F)F. The van der Waals surface area contributed by atoms with Gasteiger partial charge in [0.2, 0.25) is 0 Å². The number of methoxy groups -OCH3 is 2. The molecule has 0 saturated heterocycles. The van der Waals surface area contributed by atoms with Crippen LogP contribution in [-0.2, 0) is 5.75 Å². The first kappa shape index (κ1) is 20.3. The molecule has 1 aliphatic heterocycles. The highest BCUT2D eigenvalue weighted by atomic mass is 32.2. The summed E-state index contributed by atoms with van der Waals surface area (Å²) in [5.74, 6) is 3.59. The molecule has 0 atom stereocenters. The van der Waals surface area contributed by atoms with E-state index < -0.39 is 7.25 Å². The predicted molar refractivity (Wildman–Crippen MR) is 101 cm³/mol. The average Bonchev–Trinajstić information content (AvgIpc) is 2.98. The van der Waals surface area contributed by atoms with E-state index in [9.17, 15) is 17.3 Å². The number of hydrogen-bond donors (Lipinski definition) is 0. The van der Waals surface area contributed by atoms with Crippen molar-refractivity contribution in [1.82, 2.24) is 8.96 Å². The summed E-state index contributed by atoms with van der Waals surface area (Å²) < 4.78 is 54.2. The Morgan fingerprint density at radius 3 is 2.43 bits per heavy atom. The standard InChI is InChI=1S/C17H18N3O2S.BF4/c1-10-8-19-15(11(2)16(10)22-4)9-23-20-14-6-5-12(21-3)7-13(14)18-17(19)20;2-1(3,4)5/h5-8H,9H2,1-4H3;/q+1;-1. The van der Waals surface area contributed by atoms with Crippen LogP contribution < -0.4 is 14.0 Å². The number of ether oxygens (including phenoxy) is 2. The average molecular weight is 415 g/mol. The maximum Gasteiger partial charge on any atom is 0.673 e. The molecule has 11 heteroatoms. The fourth-order valence-corrected chi connectivity index (χ4v) is 4.31. The number of pyridine rings is 1. The second-order valence-corrected chi connectivity index (χ2v) is 7.03. The molecule has 0 radical (unpaired) electrons. The van der Waals surface area contributed by atoms with Gasteiger partial charge in [-0.05, 0) is 26.0 Å². The van der Waals surface area contributed by atoms with Crippen molar-refractivity contribution in [2.75, 3.05) is 14.2 Å². The van der Waals surface area contributed by atoms with Gasteiger partial charge < -0.3 is 26.7 Å². The summed E-state index contributed by atoms with van der Waals surface area (Å²) >= 11 is 1.76. The van der Waals surface area contributed by atoms with Gasteiger partial charge in [-0.25, -0.2) is 4.57 Å². The highest BCUT2D eigenvalue weighted by molar-refractivity contribution is 7.97. The maximum atomic E-state index is 9.75. The first-order chi connectivity index (χ1) is 13.1. The highest BCUT2D eigenvalue weighted by Crippen LogP contribution is 2.33. The lowest BCUT2D eigenvalue weighted by Crippen LogP contribution is -2.42. The molecule has 0 fully saturated rings. The van der Waals surface area contributed by atoms with Gasteiger partial charge in [-0.2, -0.15) is 3.97 Å². The lowest BCUT2D eigenvalue weighted by Gasteiger charge is -2.18. The topological polar surface area (TPSA) is 40.2 Å². The van der Waals surface area contributed by atoms with Crippen LogP contribution in [0.2, 0.25) is 0 Å². The summed E-state index contributed by atoms with van der Waals surface area (Å²) in [4.78, 5) is 4.83. The van der Waals surface area contributed by atoms with E-state index in [1.54, 1.807) is 26.2 Å². The van der Waals surface area contributed by atoms with Crippen molar-refractivity contribution < 1.29 is 31.3 Å². The van der Waals surface area contributed by atoms with Gasteiger partial charge >= 0.3 is 13.2 Å². The van der Waals surface area contributed by atoms with Crippen molar-refractivity contribution in [3.8, 4) is 17.4 Å². The summed E-state index contributed by atoms with van der Waals surface area (Å²) in [5, 5.41) is 0. The molecule has 0 N–H and O–H groups in total. The Morgan fingerprint density at radius 1 is 1.14 bits per heavy atom. The third kappa shape index (κ3) is 3.89. The van der Waals surface area contributed by atoms with Crippen LogP contribution in [-0.4, -0.2) is 30.4 Å². The minimum Gasteiger partial charge on any atom is -0.497 e. The number of halogens is 4. The molecular weight excluding hydrogens is 397 g/mol. The molecule has 4 rings (SSSR count). The number of aryl methyl sites for hydroxylation is 1. The van der Waals surface area contributed by atoms with Crippen LogP contribution in [0.4, 0.5) is 17.3 Å². The van der Waals surface area contributed by atoms with Crippen LogP contribution in [0.1, 0.15) is 16.8 Å². The summed E-state index contributed by atoms with van der Waals surface area (Å²) in [6, 6.07) is 6.01. The van der Waals surface area contributed by atoms with E-state index in [-0.39, 0.29) is 0 Å². The lowest BCUT2D eigenvalue weighted by atomic mass is 10.1. The lowest BCUT2D eigenvalue weighted by molar-refractivity contribution is -0.613. The molecule has 1 aliphatic rings. The molecule has 3 heterocycles. The van der Waals surface area contributed by atoms with Crippen LogP contribution in [0.25, 0.3) is 17.0 Å². The first-order valence-corrected chi connectivity index (χ1v) is 9.24. The van der Waals surface area contributed by atoms with Crippen molar-refractivity contribution >= 4 is 30.2 Å². The molecule has 28 heavy (non-hydrogen) atoms. The number of aromatic nitrogens is 3. The minimum absolute atomic E-state index is 0.824. The molecule has 0 spiro atoms. The fourth-order valence-electron chi connectivity index (χ4n) is 3.17. The van der Waals surface area contributed by atoms with Gasteiger partial charge in [0.05, 0.1) is 26.2 Å². The molecular formula is C17H18BF4N3O2S. The van der Waals surface area contributed by atoms with Crippen LogP contribution in [0, 0.1) is 13.8 Å². The van der Waals surface area contributed by atoms with E-state index in [0.717, 1.165) is 39.8 Å². The Kier molecular flexibility index (Phi) is 5.47. The molecule has 0 amide bonds. The van der Waals surface area contributed by atoms with Gasteiger partial charge in [-0.15, -0.1) is 0 Å². The van der Waals surface area contributed by atoms with Gasteiger partial charge in [-0.1, -0.05) is 4.98 Å². The Hall–Kier alpha value is -2.43. The molecule has 3 aromatic rings. The zero-order valence-electron chi connectivity index (χ0n) is 15.7. The number of fused-ring (bicyclic) bond motifs is 5. The Balaban J connectivity index is 0.000000403. The third-order valence-electron chi connectivity index (χ3n) is 4.30. The Labute approximate surface area is 163 Å². The molecule has 0 aliphatic carbocycles. The molecule has 0 bridgehead atoms. The molecule has 2 aromatic heterocycles. The first-order valence-electron chi connectivity index (χ1n) is 8.30. The second-order valence-electron chi connectivity index (χ2n) is 6.12. The number of nitrogens with zero attached hydrogens (tertiary/aromatic N) is 3. The summed E-state index contributed by atoms with van der Waals surface area (Å²) in [7, 11) is -2.60. The zero-order chi connectivity index (χ0) is 20.6. The predicted octanol–water partition coefficient (Wildman–Crippen LogP) is 4.26. The largest absolute Gasteiger partial charge is 0.673 e. The van der Waals surface area contributed by atoms with Crippen molar-refractivity contribution in [3.05, 3.63) is 41.2 Å². The maximum absolute atomic E-state index is 9.75. The number of benzene rings is 1.